The summed E-state index contributed by atoms with van der Waals surface area (Å²) in [5.74, 6) is 1.93. The van der Waals surface area contributed by atoms with Crippen molar-refractivity contribution in [2.45, 2.75) is 45.3 Å². The maximum Gasteiger partial charge on any atom is 0.223 e. The van der Waals surface area contributed by atoms with E-state index in [4.69, 9.17) is 14.2 Å². The molecule has 2 N–H and O–H groups in total. The van der Waals surface area contributed by atoms with Crippen LogP contribution >= 0.6 is 0 Å². The Morgan fingerprint density at radius 3 is 2.74 bits per heavy atom. The van der Waals surface area contributed by atoms with Crippen LogP contribution in [-0.4, -0.2) is 52.0 Å². The predicted molar refractivity (Wildman–Crippen MR) is 103 cm³/mol. The molecule has 0 spiro atoms. The standard InChI is InChI=1S/C21H32N2O4/c1-3-26-19-7-6-16(13-20(19)25-2)15-23-10-8-17(9-11-23)21(24)22-14-18-5-4-12-27-18/h6-7,13,17-18H,3-5,8-12,14-15H2,1-2H3,(H,22,24)/p+1/t18-/m1/s1. The minimum absolute atomic E-state index is 0.144. The molecule has 27 heavy (non-hydrogen) atoms. The molecule has 0 bridgehead atoms. The van der Waals surface area contributed by atoms with Crippen molar-refractivity contribution in [2.75, 3.05) is 40.0 Å². The Hall–Kier alpha value is -1.79. The number of rotatable bonds is 8. The molecule has 1 aromatic rings. The third-order valence-electron chi connectivity index (χ3n) is 5.57. The molecular weight excluding hydrogens is 344 g/mol. The first kappa shape index (κ1) is 20.0. The van der Waals surface area contributed by atoms with Crippen LogP contribution in [0.25, 0.3) is 0 Å². The summed E-state index contributed by atoms with van der Waals surface area (Å²) in [6.45, 7) is 7.09. The van der Waals surface area contributed by atoms with E-state index < -0.39 is 0 Å². The fourth-order valence-corrected chi connectivity index (χ4v) is 4.01. The van der Waals surface area contributed by atoms with Gasteiger partial charge in [-0.25, -0.2) is 0 Å². The van der Waals surface area contributed by atoms with Crippen LogP contribution in [0.5, 0.6) is 11.5 Å². The van der Waals surface area contributed by atoms with Crippen LogP contribution in [-0.2, 0) is 16.1 Å². The van der Waals surface area contributed by atoms with Crippen LogP contribution in [0.1, 0.15) is 38.2 Å². The number of piperidine rings is 1. The van der Waals surface area contributed by atoms with E-state index in [0.29, 0.717) is 13.2 Å². The maximum atomic E-state index is 12.4. The quantitative estimate of drug-likeness (QED) is 0.714. The molecule has 2 aliphatic heterocycles. The Labute approximate surface area is 162 Å². The second-order valence-electron chi connectivity index (χ2n) is 7.50. The highest BCUT2D eigenvalue weighted by molar-refractivity contribution is 5.78. The van der Waals surface area contributed by atoms with Crippen molar-refractivity contribution in [1.29, 1.82) is 0 Å². The van der Waals surface area contributed by atoms with E-state index in [1.807, 2.05) is 13.0 Å². The fraction of sp³-hybridized carbons (Fsp3) is 0.667. The van der Waals surface area contributed by atoms with E-state index in [9.17, 15) is 4.79 Å². The van der Waals surface area contributed by atoms with Crippen molar-refractivity contribution in [3.63, 3.8) is 0 Å². The molecule has 0 aromatic heterocycles. The molecule has 0 saturated carbocycles. The van der Waals surface area contributed by atoms with Gasteiger partial charge in [0.25, 0.3) is 0 Å². The van der Waals surface area contributed by atoms with Gasteiger partial charge >= 0.3 is 0 Å². The highest BCUT2D eigenvalue weighted by atomic mass is 16.5. The number of ether oxygens (including phenoxy) is 3. The zero-order valence-electron chi connectivity index (χ0n) is 16.6. The van der Waals surface area contributed by atoms with E-state index >= 15 is 0 Å². The van der Waals surface area contributed by atoms with E-state index in [2.05, 4.69) is 17.4 Å². The van der Waals surface area contributed by atoms with Gasteiger partial charge in [-0.2, -0.15) is 0 Å². The summed E-state index contributed by atoms with van der Waals surface area (Å²) in [5.41, 5.74) is 1.24. The number of hydrogen-bond donors (Lipinski definition) is 2. The summed E-state index contributed by atoms with van der Waals surface area (Å²) in [5, 5.41) is 3.09. The number of benzene rings is 1. The number of nitrogens with one attached hydrogen (secondary N) is 2. The number of amides is 1. The van der Waals surface area contributed by atoms with Gasteiger partial charge in [0.2, 0.25) is 5.91 Å². The molecular formula is C21H33N2O4+. The summed E-state index contributed by atoms with van der Waals surface area (Å²) in [6, 6.07) is 6.17. The van der Waals surface area contributed by atoms with Crippen LogP contribution in [0, 0.1) is 5.92 Å². The second kappa shape index (κ2) is 9.95. The molecule has 2 saturated heterocycles. The first-order valence-electron chi connectivity index (χ1n) is 10.2. The van der Waals surface area contributed by atoms with Crippen molar-refractivity contribution in [1.82, 2.24) is 5.32 Å². The molecule has 0 unspecified atom stereocenters. The molecule has 1 aromatic carbocycles. The van der Waals surface area contributed by atoms with Crippen LogP contribution < -0.4 is 19.7 Å². The van der Waals surface area contributed by atoms with E-state index in [1.54, 1.807) is 7.11 Å². The largest absolute Gasteiger partial charge is 0.493 e. The average Bonchev–Trinajstić information content (AvgIpc) is 3.21. The number of likely N-dealkylation sites (tertiary alicyclic amines) is 1. The van der Waals surface area contributed by atoms with Gasteiger partial charge in [-0.1, -0.05) is 0 Å². The topological polar surface area (TPSA) is 61.2 Å². The summed E-state index contributed by atoms with van der Waals surface area (Å²) < 4.78 is 16.6. The molecule has 0 aliphatic carbocycles. The van der Waals surface area contributed by atoms with Crippen LogP contribution in [0.15, 0.2) is 18.2 Å². The molecule has 2 fully saturated rings. The minimum atomic E-state index is 0.144. The lowest BCUT2D eigenvalue weighted by atomic mass is 9.95. The van der Waals surface area contributed by atoms with Gasteiger partial charge in [-0.05, 0) is 38.0 Å². The zero-order valence-corrected chi connectivity index (χ0v) is 16.6. The molecule has 3 rings (SSSR count). The SMILES string of the molecule is CCOc1ccc(C[NH+]2CCC(C(=O)NC[C@H]3CCCO3)CC2)cc1OC. The van der Waals surface area contributed by atoms with Gasteiger partial charge in [0.05, 0.1) is 32.9 Å². The molecule has 150 valence electrons. The van der Waals surface area contributed by atoms with Crippen molar-refractivity contribution < 1.29 is 23.9 Å². The van der Waals surface area contributed by atoms with Crippen LogP contribution in [0.4, 0.5) is 0 Å². The highest BCUT2D eigenvalue weighted by Gasteiger charge is 2.28. The fourth-order valence-electron chi connectivity index (χ4n) is 4.01. The van der Waals surface area contributed by atoms with Gasteiger partial charge in [-0.15, -0.1) is 0 Å². The Balaban J connectivity index is 1.44. The number of hydrogen-bond acceptors (Lipinski definition) is 4. The van der Waals surface area contributed by atoms with Gasteiger partial charge in [-0.3, -0.25) is 4.79 Å². The van der Waals surface area contributed by atoms with Crippen molar-refractivity contribution in [3.05, 3.63) is 23.8 Å². The number of quaternary nitrogens is 1. The molecule has 1 amide bonds. The Morgan fingerprint density at radius 1 is 1.26 bits per heavy atom. The van der Waals surface area contributed by atoms with E-state index in [0.717, 1.165) is 63.4 Å². The summed E-state index contributed by atoms with van der Waals surface area (Å²) in [7, 11) is 1.68. The first-order valence-corrected chi connectivity index (χ1v) is 10.2. The van der Waals surface area contributed by atoms with E-state index in [-0.39, 0.29) is 17.9 Å². The molecule has 6 heteroatoms. The van der Waals surface area contributed by atoms with Crippen LogP contribution in [0.3, 0.4) is 0 Å². The van der Waals surface area contributed by atoms with Gasteiger partial charge in [0.1, 0.15) is 6.54 Å². The normalized spacial score (nSPS) is 25.2. The Bertz CT molecular complexity index is 608. The van der Waals surface area contributed by atoms with Crippen molar-refractivity contribution in [3.8, 4) is 11.5 Å². The summed E-state index contributed by atoms with van der Waals surface area (Å²) in [4.78, 5) is 13.9. The third kappa shape index (κ3) is 5.59. The van der Waals surface area contributed by atoms with Gasteiger partial charge < -0.3 is 24.4 Å². The monoisotopic (exact) mass is 377 g/mol. The maximum absolute atomic E-state index is 12.4. The lowest BCUT2D eigenvalue weighted by Crippen LogP contribution is -3.11. The zero-order chi connectivity index (χ0) is 19.1. The number of carbonyl (C=O) groups is 1. The second-order valence-corrected chi connectivity index (χ2v) is 7.50. The first-order chi connectivity index (χ1) is 13.2. The smallest absolute Gasteiger partial charge is 0.223 e. The van der Waals surface area contributed by atoms with Crippen LogP contribution in [0.2, 0.25) is 0 Å². The van der Waals surface area contributed by atoms with E-state index in [1.165, 1.54) is 10.5 Å². The summed E-state index contributed by atoms with van der Waals surface area (Å²) in [6.07, 6.45) is 4.28. The van der Waals surface area contributed by atoms with Gasteiger partial charge in [0.15, 0.2) is 11.5 Å². The molecule has 1 atom stereocenters. The third-order valence-corrected chi connectivity index (χ3v) is 5.57. The number of carbonyl (C=O) groups excluding carboxylic acids is 1. The molecule has 2 aliphatic rings. The Morgan fingerprint density at radius 2 is 2.07 bits per heavy atom. The molecule has 2 heterocycles. The Kier molecular flexibility index (Phi) is 7.35. The minimum Gasteiger partial charge on any atom is -0.493 e. The lowest BCUT2D eigenvalue weighted by molar-refractivity contribution is -0.919. The highest BCUT2D eigenvalue weighted by Crippen LogP contribution is 2.27. The number of methoxy groups -OCH3 is 1. The van der Waals surface area contributed by atoms with Crippen molar-refractivity contribution >= 4 is 5.91 Å². The van der Waals surface area contributed by atoms with Crippen molar-refractivity contribution in [2.24, 2.45) is 5.92 Å². The molecule has 0 radical (unpaired) electrons. The van der Waals surface area contributed by atoms with Gasteiger partial charge in [0, 0.05) is 37.5 Å². The molecule has 6 nitrogen and oxygen atoms in total. The summed E-state index contributed by atoms with van der Waals surface area (Å²) >= 11 is 0. The predicted octanol–water partition coefficient (Wildman–Crippen LogP) is 1.18. The lowest BCUT2D eigenvalue weighted by Gasteiger charge is -2.29. The average molecular weight is 378 g/mol.